The molecule has 1 aromatic rings. The first-order valence-corrected chi connectivity index (χ1v) is 7.39. The van der Waals surface area contributed by atoms with E-state index in [2.05, 4.69) is 17.4 Å². The van der Waals surface area contributed by atoms with Crippen LogP contribution in [0.2, 0.25) is 0 Å². The van der Waals surface area contributed by atoms with Crippen LogP contribution in [-0.2, 0) is 11.3 Å². The topological polar surface area (TPSA) is 50.7 Å². The summed E-state index contributed by atoms with van der Waals surface area (Å²) in [6.07, 6.45) is 1.85. The maximum absolute atomic E-state index is 9.64. The lowest BCUT2D eigenvalue weighted by atomic mass is 9.81. The summed E-state index contributed by atoms with van der Waals surface area (Å²) in [7, 11) is 0. The van der Waals surface area contributed by atoms with Crippen LogP contribution in [0.3, 0.4) is 0 Å². The summed E-state index contributed by atoms with van der Waals surface area (Å²) >= 11 is 0. The van der Waals surface area contributed by atoms with Gasteiger partial charge in [-0.25, -0.2) is 0 Å². The second-order valence-corrected chi connectivity index (χ2v) is 5.45. The minimum atomic E-state index is -0.0181. The Morgan fingerprint density at radius 3 is 2.85 bits per heavy atom. The van der Waals surface area contributed by atoms with Gasteiger partial charge in [0.2, 0.25) is 0 Å². The van der Waals surface area contributed by atoms with E-state index in [1.165, 1.54) is 5.56 Å². The minimum Gasteiger partial charge on any atom is -0.494 e. The number of hydrogen-bond acceptors (Lipinski definition) is 4. The molecule has 0 saturated carbocycles. The van der Waals surface area contributed by atoms with E-state index in [0.717, 1.165) is 44.9 Å². The number of nitrogens with one attached hydrogen (secondary N) is 1. The van der Waals surface area contributed by atoms with Gasteiger partial charge in [-0.3, -0.25) is 0 Å². The normalized spacial score (nSPS) is 17.9. The first-order valence-electron chi connectivity index (χ1n) is 7.39. The van der Waals surface area contributed by atoms with Crippen molar-refractivity contribution >= 4 is 0 Å². The molecule has 0 atom stereocenters. The molecule has 0 aliphatic carbocycles. The Hall–Kier alpha value is -1.10. The highest BCUT2D eigenvalue weighted by Gasteiger charge is 2.31. The molecular weight excluding hydrogens is 254 g/mol. The Kier molecular flexibility index (Phi) is 5.83. The highest BCUT2D eigenvalue weighted by Crippen LogP contribution is 2.29. The van der Waals surface area contributed by atoms with Crippen molar-refractivity contribution in [2.45, 2.75) is 26.3 Å². The van der Waals surface area contributed by atoms with Crippen molar-refractivity contribution in [1.29, 1.82) is 0 Å². The molecule has 0 spiro atoms. The molecule has 2 N–H and O–H groups in total. The second kappa shape index (κ2) is 7.62. The maximum Gasteiger partial charge on any atom is 0.119 e. The zero-order chi connectivity index (χ0) is 14.3. The van der Waals surface area contributed by atoms with Crippen molar-refractivity contribution in [2.24, 2.45) is 5.41 Å². The van der Waals surface area contributed by atoms with E-state index in [4.69, 9.17) is 9.47 Å². The van der Waals surface area contributed by atoms with E-state index in [0.29, 0.717) is 6.61 Å². The highest BCUT2D eigenvalue weighted by atomic mass is 16.5. The van der Waals surface area contributed by atoms with Gasteiger partial charge >= 0.3 is 0 Å². The third-order valence-electron chi connectivity index (χ3n) is 3.93. The third kappa shape index (κ3) is 4.20. The number of rotatable bonds is 7. The van der Waals surface area contributed by atoms with Gasteiger partial charge < -0.3 is 19.9 Å². The molecule has 0 radical (unpaired) electrons. The van der Waals surface area contributed by atoms with Crippen molar-refractivity contribution < 1.29 is 14.6 Å². The largest absolute Gasteiger partial charge is 0.494 e. The average molecular weight is 279 g/mol. The number of ether oxygens (including phenoxy) is 2. The zero-order valence-corrected chi connectivity index (χ0v) is 12.2. The molecule has 4 heteroatoms. The summed E-state index contributed by atoms with van der Waals surface area (Å²) in [5.41, 5.74) is 1.19. The Balaban J connectivity index is 1.83. The number of benzene rings is 1. The molecule has 20 heavy (non-hydrogen) atoms. The number of aliphatic hydroxyl groups is 1. The van der Waals surface area contributed by atoms with Crippen LogP contribution in [0, 0.1) is 5.41 Å². The van der Waals surface area contributed by atoms with Crippen LogP contribution in [0.5, 0.6) is 5.75 Å². The Labute approximate surface area is 121 Å². The van der Waals surface area contributed by atoms with Gasteiger partial charge in [0, 0.05) is 31.7 Å². The first-order chi connectivity index (χ1) is 9.78. The van der Waals surface area contributed by atoms with Gasteiger partial charge in [0.1, 0.15) is 5.75 Å². The summed E-state index contributed by atoms with van der Waals surface area (Å²) < 4.78 is 10.9. The van der Waals surface area contributed by atoms with E-state index in [9.17, 15) is 5.11 Å². The van der Waals surface area contributed by atoms with Gasteiger partial charge in [0.25, 0.3) is 0 Å². The number of aliphatic hydroxyl groups excluding tert-OH is 1. The van der Waals surface area contributed by atoms with Crippen molar-refractivity contribution in [3.8, 4) is 5.75 Å². The van der Waals surface area contributed by atoms with E-state index in [1.54, 1.807) is 0 Å². The SMILES string of the molecule is CCOc1cccc(CNCC2(CO)CCOCC2)c1. The van der Waals surface area contributed by atoms with Crippen LogP contribution < -0.4 is 10.1 Å². The molecule has 1 fully saturated rings. The van der Waals surface area contributed by atoms with E-state index in [-0.39, 0.29) is 12.0 Å². The Morgan fingerprint density at radius 1 is 1.35 bits per heavy atom. The zero-order valence-electron chi connectivity index (χ0n) is 12.2. The third-order valence-corrected chi connectivity index (χ3v) is 3.93. The molecule has 0 amide bonds. The van der Waals surface area contributed by atoms with Gasteiger partial charge in [0.05, 0.1) is 13.2 Å². The predicted octanol–water partition coefficient (Wildman–Crippen LogP) is 1.96. The Bertz CT molecular complexity index is 402. The quantitative estimate of drug-likeness (QED) is 0.801. The van der Waals surface area contributed by atoms with E-state index < -0.39 is 0 Å². The van der Waals surface area contributed by atoms with Crippen LogP contribution in [0.25, 0.3) is 0 Å². The number of hydrogen-bond donors (Lipinski definition) is 2. The summed E-state index contributed by atoms with van der Waals surface area (Å²) in [5, 5.41) is 13.1. The molecule has 2 rings (SSSR count). The first kappa shape index (κ1) is 15.3. The summed E-state index contributed by atoms with van der Waals surface area (Å²) in [6.45, 7) is 6.02. The van der Waals surface area contributed by atoms with Gasteiger partial charge in [-0.15, -0.1) is 0 Å². The molecule has 1 aliphatic rings. The molecule has 1 aliphatic heterocycles. The summed E-state index contributed by atoms with van der Waals surface area (Å²) in [6, 6.07) is 8.14. The van der Waals surface area contributed by atoms with Crippen molar-refractivity contribution in [3.63, 3.8) is 0 Å². The lowest BCUT2D eigenvalue weighted by Gasteiger charge is -2.35. The molecular formula is C16H25NO3. The molecule has 0 unspecified atom stereocenters. The second-order valence-electron chi connectivity index (χ2n) is 5.45. The molecule has 0 aromatic heterocycles. The fourth-order valence-electron chi connectivity index (χ4n) is 2.58. The predicted molar refractivity (Wildman–Crippen MR) is 78.9 cm³/mol. The minimum absolute atomic E-state index is 0.0181. The van der Waals surface area contributed by atoms with E-state index >= 15 is 0 Å². The smallest absolute Gasteiger partial charge is 0.119 e. The van der Waals surface area contributed by atoms with Crippen molar-refractivity contribution in [2.75, 3.05) is 33.0 Å². The molecule has 1 saturated heterocycles. The molecule has 112 valence electrons. The highest BCUT2D eigenvalue weighted by molar-refractivity contribution is 5.28. The van der Waals surface area contributed by atoms with Crippen LogP contribution >= 0.6 is 0 Å². The molecule has 0 bridgehead atoms. The van der Waals surface area contributed by atoms with Crippen LogP contribution in [-0.4, -0.2) is 38.1 Å². The summed E-state index contributed by atoms with van der Waals surface area (Å²) in [4.78, 5) is 0. The average Bonchev–Trinajstić information content (AvgIpc) is 2.49. The van der Waals surface area contributed by atoms with Crippen LogP contribution in [0.15, 0.2) is 24.3 Å². The van der Waals surface area contributed by atoms with Gasteiger partial charge in [-0.1, -0.05) is 12.1 Å². The molecule has 4 nitrogen and oxygen atoms in total. The standard InChI is InChI=1S/C16H25NO3/c1-2-20-15-5-3-4-14(10-15)11-17-12-16(13-18)6-8-19-9-7-16/h3-5,10,17-18H,2,6-9,11-13H2,1H3. The lowest BCUT2D eigenvalue weighted by molar-refractivity contribution is -0.0154. The molecule has 1 heterocycles. The van der Waals surface area contributed by atoms with Crippen LogP contribution in [0.1, 0.15) is 25.3 Å². The van der Waals surface area contributed by atoms with Crippen molar-refractivity contribution in [1.82, 2.24) is 5.32 Å². The van der Waals surface area contributed by atoms with Gasteiger partial charge in [-0.05, 0) is 37.5 Å². The monoisotopic (exact) mass is 279 g/mol. The van der Waals surface area contributed by atoms with Crippen molar-refractivity contribution in [3.05, 3.63) is 29.8 Å². The molecule has 1 aromatic carbocycles. The van der Waals surface area contributed by atoms with Crippen LogP contribution in [0.4, 0.5) is 0 Å². The fourth-order valence-corrected chi connectivity index (χ4v) is 2.58. The van der Waals surface area contributed by atoms with Gasteiger partial charge in [0.15, 0.2) is 0 Å². The Morgan fingerprint density at radius 2 is 2.15 bits per heavy atom. The lowest BCUT2D eigenvalue weighted by Crippen LogP contribution is -2.41. The van der Waals surface area contributed by atoms with E-state index in [1.807, 2.05) is 19.1 Å². The maximum atomic E-state index is 9.64. The van der Waals surface area contributed by atoms with Gasteiger partial charge in [-0.2, -0.15) is 0 Å². The summed E-state index contributed by atoms with van der Waals surface area (Å²) in [5.74, 6) is 0.912. The fraction of sp³-hybridized carbons (Fsp3) is 0.625.